The van der Waals surface area contributed by atoms with Gasteiger partial charge in [-0.3, -0.25) is 9.59 Å². The maximum absolute atomic E-state index is 11.6. The molecule has 0 spiro atoms. The van der Waals surface area contributed by atoms with Crippen LogP contribution in [0.1, 0.15) is 52.7 Å². The van der Waals surface area contributed by atoms with E-state index < -0.39 is 0 Å². The van der Waals surface area contributed by atoms with Crippen molar-refractivity contribution in [1.29, 1.82) is 0 Å². The summed E-state index contributed by atoms with van der Waals surface area (Å²) in [6.07, 6.45) is 1.50. The fourth-order valence-corrected chi connectivity index (χ4v) is 2.04. The molecular formula is C18H26O2. The van der Waals surface area contributed by atoms with Crippen LogP contribution in [0.25, 0.3) is 0 Å². The van der Waals surface area contributed by atoms with Crippen LogP contribution in [0, 0.1) is 10.8 Å². The second kappa shape index (κ2) is 5.90. The Morgan fingerprint density at radius 3 is 1.20 bits per heavy atom. The van der Waals surface area contributed by atoms with Crippen molar-refractivity contribution in [1.82, 2.24) is 0 Å². The van der Waals surface area contributed by atoms with Crippen LogP contribution in [0.3, 0.4) is 0 Å². The average molecular weight is 274 g/mol. The van der Waals surface area contributed by atoms with Gasteiger partial charge in [-0.2, -0.15) is 0 Å². The monoisotopic (exact) mass is 274 g/mol. The standard InChI is InChI=1S/C18H26O2/c1-13(19)17(3,4)11-15-7-9-16(10-8-15)12-18(5,6)14(2)20/h7-10H,11-12H2,1-6H3. The third kappa shape index (κ3) is 4.29. The molecule has 0 unspecified atom stereocenters. The smallest absolute Gasteiger partial charge is 0.135 e. The lowest BCUT2D eigenvalue weighted by Gasteiger charge is -2.23. The molecule has 20 heavy (non-hydrogen) atoms. The Labute approximate surface area is 122 Å². The molecule has 1 aromatic carbocycles. The second-order valence-electron chi connectivity index (χ2n) is 7.05. The number of hydrogen-bond donors (Lipinski definition) is 0. The summed E-state index contributed by atoms with van der Waals surface area (Å²) in [6.45, 7) is 11.2. The molecule has 0 saturated heterocycles. The van der Waals surface area contributed by atoms with Crippen molar-refractivity contribution in [2.75, 3.05) is 0 Å². The molecule has 1 aromatic rings. The number of carbonyl (C=O) groups excluding carboxylic acids is 2. The van der Waals surface area contributed by atoms with Crippen LogP contribution in [-0.4, -0.2) is 11.6 Å². The Hall–Kier alpha value is -1.44. The summed E-state index contributed by atoms with van der Waals surface area (Å²) in [5.74, 6) is 0.415. The second-order valence-corrected chi connectivity index (χ2v) is 7.05. The molecule has 0 atom stereocenters. The summed E-state index contributed by atoms with van der Waals surface area (Å²) in [4.78, 5) is 23.1. The lowest BCUT2D eigenvalue weighted by molar-refractivity contribution is -0.125. The summed E-state index contributed by atoms with van der Waals surface area (Å²) >= 11 is 0. The Morgan fingerprint density at radius 1 is 0.750 bits per heavy atom. The average Bonchev–Trinajstić information content (AvgIpc) is 2.30. The normalized spacial score (nSPS) is 12.3. The lowest BCUT2D eigenvalue weighted by Crippen LogP contribution is -2.24. The zero-order valence-electron chi connectivity index (χ0n) is 13.5. The minimum absolute atomic E-state index is 0.208. The maximum Gasteiger partial charge on any atom is 0.135 e. The van der Waals surface area contributed by atoms with Crippen LogP contribution < -0.4 is 0 Å². The summed E-state index contributed by atoms with van der Waals surface area (Å²) < 4.78 is 0. The van der Waals surface area contributed by atoms with Gasteiger partial charge in [0.05, 0.1) is 0 Å². The van der Waals surface area contributed by atoms with Crippen LogP contribution in [-0.2, 0) is 22.4 Å². The van der Waals surface area contributed by atoms with Gasteiger partial charge in [0.2, 0.25) is 0 Å². The quantitative estimate of drug-likeness (QED) is 0.785. The predicted molar refractivity (Wildman–Crippen MR) is 82.8 cm³/mol. The van der Waals surface area contributed by atoms with Gasteiger partial charge in [-0.1, -0.05) is 52.0 Å². The molecule has 0 N–H and O–H groups in total. The van der Waals surface area contributed by atoms with Gasteiger partial charge in [0.15, 0.2) is 0 Å². The fraction of sp³-hybridized carbons (Fsp3) is 0.556. The van der Waals surface area contributed by atoms with E-state index in [9.17, 15) is 9.59 Å². The van der Waals surface area contributed by atoms with Gasteiger partial charge in [0.25, 0.3) is 0 Å². The van der Waals surface area contributed by atoms with Crippen LogP contribution >= 0.6 is 0 Å². The summed E-state index contributed by atoms with van der Waals surface area (Å²) in [6, 6.07) is 8.26. The van der Waals surface area contributed by atoms with E-state index in [0.29, 0.717) is 0 Å². The fourth-order valence-electron chi connectivity index (χ4n) is 2.04. The van der Waals surface area contributed by atoms with Gasteiger partial charge in [-0.25, -0.2) is 0 Å². The minimum Gasteiger partial charge on any atom is -0.299 e. The predicted octanol–water partition coefficient (Wildman–Crippen LogP) is 4.00. The van der Waals surface area contributed by atoms with E-state index >= 15 is 0 Å². The first kappa shape index (κ1) is 16.6. The van der Waals surface area contributed by atoms with Gasteiger partial charge in [0, 0.05) is 10.8 Å². The lowest BCUT2D eigenvalue weighted by atomic mass is 9.80. The Morgan fingerprint density at radius 2 is 1.00 bits per heavy atom. The third-order valence-electron chi connectivity index (χ3n) is 4.22. The molecule has 0 radical (unpaired) electrons. The first-order chi connectivity index (χ1) is 9.04. The molecule has 1 rings (SSSR count). The number of carbonyl (C=O) groups is 2. The van der Waals surface area contributed by atoms with E-state index in [2.05, 4.69) is 24.3 Å². The van der Waals surface area contributed by atoms with Crippen molar-refractivity contribution in [3.05, 3.63) is 35.4 Å². The molecule has 0 amide bonds. The molecule has 0 bridgehead atoms. The van der Waals surface area contributed by atoms with Crippen LogP contribution in [0.4, 0.5) is 0 Å². The van der Waals surface area contributed by atoms with Crippen molar-refractivity contribution in [3.8, 4) is 0 Å². The van der Waals surface area contributed by atoms with Crippen molar-refractivity contribution in [2.24, 2.45) is 10.8 Å². The number of ketones is 2. The molecule has 0 aromatic heterocycles. The molecular weight excluding hydrogens is 248 g/mol. The zero-order chi connectivity index (χ0) is 15.6. The molecule has 0 heterocycles. The van der Waals surface area contributed by atoms with E-state index in [4.69, 9.17) is 0 Å². The molecule has 0 fully saturated rings. The molecule has 0 saturated carbocycles. The number of Topliss-reactive ketones (excluding diaryl/α,β-unsaturated/α-hetero) is 2. The van der Waals surface area contributed by atoms with E-state index in [-0.39, 0.29) is 22.4 Å². The first-order valence-corrected chi connectivity index (χ1v) is 7.14. The molecule has 0 aliphatic rings. The summed E-state index contributed by atoms with van der Waals surface area (Å²) in [7, 11) is 0. The molecule has 110 valence electrons. The third-order valence-corrected chi connectivity index (χ3v) is 4.22. The summed E-state index contributed by atoms with van der Waals surface area (Å²) in [5, 5.41) is 0. The first-order valence-electron chi connectivity index (χ1n) is 7.14. The van der Waals surface area contributed by atoms with Gasteiger partial charge >= 0.3 is 0 Å². The Bertz CT molecular complexity index is 446. The molecule has 2 heteroatoms. The Kier molecular flexibility index (Phi) is 4.90. The SMILES string of the molecule is CC(=O)C(C)(C)Cc1ccc(CC(C)(C)C(C)=O)cc1. The van der Waals surface area contributed by atoms with Gasteiger partial charge in [0.1, 0.15) is 11.6 Å². The van der Waals surface area contributed by atoms with Crippen molar-refractivity contribution < 1.29 is 9.59 Å². The highest BCUT2D eigenvalue weighted by Crippen LogP contribution is 2.26. The molecule has 0 aliphatic heterocycles. The molecule has 0 aliphatic carbocycles. The topological polar surface area (TPSA) is 34.1 Å². The van der Waals surface area contributed by atoms with Crippen LogP contribution in [0.2, 0.25) is 0 Å². The van der Waals surface area contributed by atoms with Crippen LogP contribution in [0.5, 0.6) is 0 Å². The summed E-state index contributed by atoms with van der Waals surface area (Å²) in [5.41, 5.74) is 1.68. The molecule has 2 nitrogen and oxygen atoms in total. The van der Waals surface area contributed by atoms with Crippen LogP contribution in [0.15, 0.2) is 24.3 Å². The number of hydrogen-bond acceptors (Lipinski definition) is 2. The van der Waals surface area contributed by atoms with Gasteiger partial charge in [-0.05, 0) is 37.8 Å². The highest BCUT2D eigenvalue weighted by Gasteiger charge is 2.25. The largest absolute Gasteiger partial charge is 0.299 e. The Balaban J connectivity index is 2.80. The van der Waals surface area contributed by atoms with Crippen molar-refractivity contribution >= 4 is 11.6 Å². The highest BCUT2D eigenvalue weighted by atomic mass is 16.1. The van der Waals surface area contributed by atoms with E-state index in [1.807, 2.05) is 27.7 Å². The van der Waals surface area contributed by atoms with E-state index in [1.165, 1.54) is 0 Å². The van der Waals surface area contributed by atoms with E-state index in [1.54, 1.807) is 13.8 Å². The van der Waals surface area contributed by atoms with Gasteiger partial charge in [-0.15, -0.1) is 0 Å². The van der Waals surface area contributed by atoms with Gasteiger partial charge < -0.3 is 0 Å². The zero-order valence-corrected chi connectivity index (χ0v) is 13.5. The number of benzene rings is 1. The highest BCUT2D eigenvalue weighted by molar-refractivity contribution is 5.82. The van der Waals surface area contributed by atoms with Crippen molar-refractivity contribution in [3.63, 3.8) is 0 Å². The maximum atomic E-state index is 11.6. The van der Waals surface area contributed by atoms with E-state index in [0.717, 1.165) is 24.0 Å². The number of rotatable bonds is 6. The minimum atomic E-state index is -0.319. The van der Waals surface area contributed by atoms with Crippen molar-refractivity contribution in [2.45, 2.75) is 54.4 Å².